The van der Waals surface area contributed by atoms with Gasteiger partial charge in [-0.1, -0.05) is 6.92 Å². The second-order valence-electron chi connectivity index (χ2n) is 4.13. The Labute approximate surface area is 119 Å². The maximum absolute atomic E-state index is 12.0. The highest BCUT2D eigenvalue weighted by Gasteiger charge is 2.11. The van der Waals surface area contributed by atoms with Crippen molar-refractivity contribution in [2.45, 2.75) is 26.8 Å². The van der Waals surface area contributed by atoms with Gasteiger partial charge in [0, 0.05) is 19.8 Å². The van der Waals surface area contributed by atoms with Gasteiger partial charge in [-0.15, -0.1) is 0 Å². The van der Waals surface area contributed by atoms with Gasteiger partial charge < -0.3 is 5.32 Å². The average Bonchev–Trinajstić information content (AvgIpc) is 2.75. The van der Waals surface area contributed by atoms with Gasteiger partial charge in [-0.05, 0) is 29.3 Å². The Morgan fingerprint density at radius 2 is 2.11 bits per heavy atom. The third-order valence-electron chi connectivity index (χ3n) is 2.79. The molecule has 0 fully saturated rings. The van der Waals surface area contributed by atoms with Crippen molar-refractivity contribution in [3.8, 4) is 0 Å². The SMILES string of the molecule is CCc1nn(C)cc1Nc1cnn(CC)c(=O)c1Br. The zero-order valence-electron chi connectivity index (χ0n) is 11.1. The van der Waals surface area contributed by atoms with Crippen LogP contribution in [0.2, 0.25) is 0 Å². The number of aromatic nitrogens is 4. The maximum atomic E-state index is 12.0. The summed E-state index contributed by atoms with van der Waals surface area (Å²) in [7, 11) is 1.87. The monoisotopic (exact) mass is 325 g/mol. The minimum Gasteiger partial charge on any atom is -0.350 e. The van der Waals surface area contributed by atoms with Crippen LogP contribution in [0.25, 0.3) is 0 Å². The highest BCUT2D eigenvalue weighted by molar-refractivity contribution is 9.10. The van der Waals surface area contributed by atoms with E-state index in [1.54, 1.807) is 10.9 Å². The van der Waals surface area contributed by atoms with Gasteiger partial charge in [-0.2, -0.15) is 10.2 Å². The molecule has 6 nitrogen and oxygen atoms in total. The summed E-state index contributed by atoms with van der Waals surface area (Å²) in [5.74, 6) is 0. The molecule has 0 amide bonds. The fourth-order valence-electron chi connectivity index (χ4n) is 1.82. The van der Waals surface area contributed by atoms with Gasteiger partial charge >= 0.3 is 0 Å². The van der Waals surface area contributed by atoms with Gasteiger partial charge in [-0.25, -0.2) is 4.68 Å². The summed E-state index contributed by atoms with van der Waals surface area (Å²) in [5, 5.41) is 11.6. The second-order valence-corrected chi connectivity index (χ2v) is 4.93. The first-order chi connectivity index (χ1) is 9.06. The maximum Gasteiger partial charge on any atom is 0.283 e. The van der Waals surface area contributed by atoms with Gasteiger partial charge in [0.05, 0.1) is 23.3 Å². The van der Waals surface area contributed by atoms with E-state index >= 15 is 0 Å². The lowest BCUT2D eigenvalue weighted by Gasteiger charge is -2.08. The van der Waals surface area contributed by atoms with Crippen LogP contribution in [0.4, 0.5) is 11.4 Å². The number of aryl methyl sites for hydroxylation is 3. The number of hydrogen-bond donors (Lipinski definition) is 1. The van der Waals surface area contributed by atoms with Crippen LogP contribution in [0.15, 0.2) is 21.7 Å². The molecule has 0 unspecified atom stereocenters. The molecule has 0 aliphatic carbocycles. The first-order valence-corrected chi connectivity index (χ1v) is 6.91. The molecule has 0 radical (unpaired) electrons. The van der Waals surface area contributed by atoms with Gasteiger partial charge in [0.15, 0.2) is 0 Å². The minimum absolute atomic E-state index is 0.144. The summed E-state index contributed by atoms with van der Waals surface area (Å²) in [4.78, 5) is 12.0. The number of hydrogen-bond acceptors (Lipinski definition) is 4. The van der Waals surface area contributed by atoms with Crippen LogP contribution in [0.5, 0.6) is 0 Å². The molecule has 0 atom stereocenters. The molecule has 2 aromatic heterocycles. The summed E-state index contributed by atoms with van der Waals surface area (Å²) in [6.07, 6.45) is 4.35. The highest BCUT2D eigenvalue weighted by atomic mass is 79.9. The van der Waals surface area contributed by atoms with Crippen molar-refractivity contribution in [3.05, 3.63) is 32.9 Å². The Morgan fingerprint density at radius 3 is 2.74 bits per heavy atom. The van der Waals surface area contributed by atoms with Gasteiger partial charge in [-0.3, -0.25) is 9.48 Å². The minimum atomic E-state index is -0.144. The van der Waals surface area contributed by atoms with Crippen LogP contribution >= 0.6 is 15.9 Å². The molecule has 102 valence electrons. The normalized spacial score (nSPS) is 10.7. The smallest absolute Gasteiger partial charge is 0.283 e. The van der Waals surface area contributed by atoms with Crippen LogP contribution in [-0.2, 0) is 20.0 Å². The molecule has 0 spiro atoms. The standard InChI is InChI=1S/C12H16BrN5O/c1-4-8-10(7-17(3)16-8)15-9-6-14-18(5-2)12(19)11(9)13/h6-7,15H,4-5H2,1-3H3. The van der Waals surface area contributed by atoms with E-state index in [1.165, 1.54) is 4.68 Å². The van der Waals surface area contributed by atoms with Crippen LogP contribution in [0.1, 0.15) is 19.5 Å². The number of nitrogens with one attached hydrogen (secondary N) is 1. The largest absolute Gasteiger partial charge is 0.350 e. The molecule has 2 rings (SSSR count). The lowest BCUT2D eigenvalue weighted by Crippen LogP contribution is -2.23. The van der Waals surface area contributed by atoms with E-state index in [4.69, 9.17) is 0 Å². The number of halogens is 1. The predicted molar refractivity (Wildman–Crippen MR) is 77.7 cm³/mol. The highest BCUT2D eigenvalue weighted by Crippen LogP contribution is 2.24. The van der Waals surface area contributed by atoms with Crippen molar-refractivity contribution in [2.24, 2.45) is 7.05 Å². The van der Waals surface area contributed by atoms with Crippen molar-refractivity contribution >= 4 is 27.3 Å². The lowest BCUT2D eigenvalue weighted by molar-refractivity contribution is 0.613. The topological polar surface area (TPSA) is 64.7 Å². The molecule has 0 saturated heterocycles. The molecular formula is C12H16BrN5O. The summed E-state index contributed by atoms with van der Waals surface area (Å²) >= 11 is 3.32. The summed E-state index contributed by atoms with van der Waals surface area (Å²) in [5.41, 5.74) is 2.35. The number of rotatable bonds is 4. The summed E-state index contributed by atoms with van der Waals surface area (Å²) in [6, 6.07) is 0. The van der Waals surface area contributed by atoms with Crippen molar-refractivity contribution in [3.63, 3.8) is 0 Å². The van der Waals surface area contributed by atoms with Gasteiger partial charge in [0.25, 0.3) is 5.56 Å². The summed E-state index contributed by atoms with van der Waals surface area (Å²) in [6.45, 7) is 4.46. The lowest BCUT2D eigenvalue weighted by atomic mass is 10.3. The van der Waals surface area contributed by atoms with E-state index in [0.29, 0.717) is 16.7 Å². The van der Waals surface area contributed by atoms with Crippen molar-refractivity contribution in [1.82, 2.24) is 19.6 Å². The first-order valence-electron chi connectivity index (χ1n) is 6.12. The van der Waals surface area contributed by atoms with E-state index in [0.717, 1.165) is 17.8 Å². The molecule has 1 N–H and O–H groups in total. The molecule has 0 aliphatic heterocycles. The Bertz CT molecular complexity index is 646. The van der Waals surface area contributed by atoms with E-state index in [2.05, 4.69) is 31.4 Å². The first kappa shape index (κ1) is 13.8. The molecule has 2 aromatic rings. The Kier molecular flexibility index (Phi) is 4.04. The summed E-state index contributed by atoms with van der Waals surface area (Å²) < 4.78 is 3.63. The zero-order valence-corrected chi connectivity index (χ0v) is 12.7. The molecule has 0 aromatic carbocycles. The molecule has 0 saturated carbocycles. The van der Waals surface area contributed by atoms with Crippen molar-refractivity contribution in [1.29, 1.82) is 0 Å². The average molecular weight is 326 g/mol. The van der Waals surface area contributed by atoms with Crippen molar-refractivity contribution in [2.75, 3.05) is 5.32 Å². The van der Waals surface area contributed by atoms with E-state index in [-0.39, 0.29) is 5.56 Å². The third kappa shape index (κ3) is 2.70. The van der Waals surface area contributed by atoms with Crippen LogP contribution < -0.4 is 10.9 Å². The van der Waals surface area contributed by atoms with Crippen LogP contribution in [-0.4, -0.2) is 19.6 Å². The Morgan fingerprint density at radius 1 is 1.37 bits per heavy atom. The molecule has 0 bridgehead atoms. The molecular weight excluding hydrogens is 310 g/mol. The zero-order chi connectivity index (χ0) is 14.0. The molecule has 2 heterocycles. The van der Waals surface area contributed by atoms with Crippen molar-refractivity contribution < 1.29 is 0 Å². The molecule has 19 heavy (non-hydrogen) atoms. The second kappa shape index (κ2) is 5.56. The van der Waals surface area contributed by atoms with Gasteiger partial charge in [0.1, 0.15) is 4.47 Å². The number of anilines is 2. The van der Waals surface area contributed by atoms with Crippen LogP contribution in [0, 0.1) is 0 Å². The quantitative estimate of drug-likeness (QED) is 0.934. The number of nitrogens with zero attached hydrogens (tertiary/aromatic N) is 4. The van der Waals surface area contributed by atoms with E-state index in [9.17, 15) is 4.79 Å². The van der Waals surface area contributed by atoms with E-state index < -0.39 is 0 Å². The third-order valence-corrected chi connectivity index (χ3v) is 3.56. The Hall–Kier alpha value is -1.63. The Balaban J connectivity index is 2.38. The fourth-order valence-corrected chi connectivity index (χ4v) is 2.23. The fraction of sp³-hybridized carbons (Fsp3) is 0.417. The predicted octanol–water partition coefficient (Wildman–Crippen LogP) is 2.07. The molecule has 0 aliphatic rings. The van der Waals surface area contributed by atoms with Gasteiger partial charge in [0.2, 0.25) is 0 Å². The molecule has 7 heteroatoms. The van der Waals surface area contributed by atoms with Crippen LogP contribution in [0.3, 0.4) is 0 Å². The van der Waals surface area contributed by atoms with E-state index in [1.807, 2.05) is 27.1 Å².